The van der Waals surface area contributed by atoms with Crippen LogP contribution in [0, 0.1) is 17.3 Å². The van der Waals surface area contributed by atoms with Gasteiger partial charge in [-0.05, 0) is 37.6 Å². The van der Waals surface area contributed by atoms with Crippen LogP contribution in [0.2, 0.25) is 0 Å². The predicted molar refractivity (Wildman–Crippen MR) is 59.6 cm³/mol. The van der Waals surface area contributed by atoms with E-state index in [0.29, 0.717) is 11.3 Å². The van der Waals surface area contributed by atoms with E-state index in [2.05, 4.69) is 6.92 Å². The second kappa shape index (κ2) is 4.81. The van der Waals surface area contributed by atoms with Crippen LogP contribution in [0.5, 0.6) is 0 Å². The molecule has 15 heavy (non-hydrogen) atoms. The zero-order valence-electron chi connectivity index (χ0n) is 9.71. The number of rotatable bonds is 2. The molecule has 2 aliphatic heterocycles. The van der Waals surface area contributed by atoms with Gasteiger partial charge in [-0.3, -0.25) is 0 Å². The van der Waals surface area contributed by atoms with Crippen molar-refractivity contribution >= 4 is 0 Å². The van der Waals surface area contributed by atoms with Crippen LogP contribution in [-0.4, -0.2) is 33.0 Å². The quantitative estimate of drug-likeness (QED) is 0.754. The van der Waals surface area contributed by atoms with Gasteiger partial charge in [0, 0.05) is 25.2 Å². The van der Waals surface area contributed by atoms with Gasteiger partial charge in [0.2, 0.25) is 0 Å². The van der Waals surface area contributed by atoms with Crippen LogP contribution in [0.3, 0.4) is 0 Å². The minimum Gasteiger partial charge on any atom is -0.381 e. The Hall–Kier alpha value is -0.120. The molecule has 0 aromatic rings. The van der Waals surface area contributed by atoms with Gasteiger partial charge in [0.05, 0.1) is 6.61 Å². The maximum absolute atomic E-state index is 5.82. The molecule has 2 aliphatic rings. The summed E-state index contributed by atoms with van der Waals surface area (Å²) in [6, 6.07) is 0. The first kappa shape index (κ1) is 11.4. The Balaban J connectivity index is 2.10. The average molecular weight is 213 g/mol. The fraction of sp³-hybridized carbons (Fsp3) is 1.00. The standard InChI is InChI=1S/C12H23NO2/c1-10(8-13)11-2-5-15-9-12(11)3-6-14-7-4-12/h10-11H,2-9,13H2,1H3. The maximum Gasteiger partial charge on any atom is 0.0526 e. The maximum atomic E-state index is 5.82. The SMILES string of the molecule is CC(CN)C1CCOCC12CCOCC2. The lowest BCUT2D eigenvalue weighted by Crippen LogP contribution is -2.47. The summed E-state index contributed by atoms with van der Waals surface area (Å²) in [6.45, 7) is 6.72. The highest BCUT2D eigenvalue weighted by Crippen LogP contribution is 2.46. The van der Waals surface area contributed by atoms with Gasteiger partial charge in [-0.2, -0.15) is 0 Å². The molecule has 2 rings (SSSR count). The van der Waals surface area contributed by atoms with Crippen molar-refractivity contribution in [2.75, 3.05) is 33.0 Å². The van der Waals surface area contributed by atoms with Crippen molar-refractivity contribution in [2.24, 2.45) is 23.0 Å². The first-order valence-corrected chi connectivity index (χ1v) is 6.14. The summed E-state index contributed by atoms with van der Waals surface area (Å²) < 4.78 is 11.2. The Bertz CT molecular complexity index is 194. The Morgan fingerprint density at radius 2 is 2.00 bits per heavy atom. The third kappa shape index (κ3) is 2.19. The smallest absolute Gasteiger partial charge is 0.0526 e. The molecule has 2 fully saturated rings. The first-order chi connectivity index (χ1) is 7.28. The molecule has 2 heterocycles. The van der Waals surface area contributed by atoms with Crippen LogP contribution in [-0.2, 0) is 9.47 Å². The molecule has 2 N–H and O–H groups in total. The van der Waals surface area contributed by atoms with Crippen molar-refractivity contribution in [3.63, 3.8) is 0 Å². The number of hydrogen-bond acceptors (Lipinski definition) is 3. The monoisotopic (exact) mass is 213 g/mol. The van der Waals surface area contributed by atoms with Crippen molar-refractivity contribution < 1.29 is 9.47 Å². The van der Waals surface area contributed by atoms with Gasteiger partial charge in [0.1, 0.15) is 0 Å². The summed E-state index contributed by atoms with van der Waals surface area (Å²) in [5.74, 6) is 1.35. The predicted octanol–water partition coefficient (Wildman–Crippen LogP) is 1.41. The van der Waals surface area contributed by atoms with E-state index in [1.165, 1.54) is 6.42 Å². The molecule has 3 nitrogen and oxygen atoms in total. The summed E-state index contributed by atoms with van der Waals surface area (Å²) in [4.78, 5) is 0. The Labute approximate surface area is 92.3 Å². The fourth-order valence-corrected chi connectivity index (χ4v) is 3.24. The van der Waals surface area contributed by atoms with Crippen LogP contribution in [0.15, 0.2) is 0 Å². The van der Waals surface area contributed by atoms with Gasteiger partial charge in [-0.15, -0.1) is 0 Å². The van der Waals surface area contributed by atoms with E-state index in [4.69, 9.17) is 15.2 Å². The van der Waals surface area contributed by atoms with Crippen LogP contribution in [0.1, 0.15) is 26.2 Å². The molecule has 88 valence electrons. The molecule has 0 amide bonds. The average Bonchev–Trinajstić information content (AvgIpc) is 2.30. The van der Waals surface area contributed by atoms with Gasteiger partial charge < -0.3 is 15.2 Å². The molecule has 0 aromatic carbocycles. The molecule has 2 saturated heterocycles. The van der Waals surface area contributed by atoms with Gasteiger partial charge in [-0.25, -0.2) is 0 Å². The second-order valence-corrected chi connectivity index (χ2v) is 5.14. The van der Waals surface area contributed by atoms with Gasteiger partial charge in [-0.1, -0.05) is 6.92 Å². The summed E-state index contributed by atoms with van der Waals surface area (Å²) in [7, 11) is 0. The number of ether oxygens (including phenoxy) is 2. The van der Waals surface area contributed by atoms with Gasteiger partial charge >= 0.3 is 0 Å². The molecular formula is C12H23NO2. The molecule has 2 atom stereocenters. The summed E-state index contributed by atoms with van der Waals surface area (Å²) >= 11 is 0. The van der Waals surface area contributed by atoms with E-state index >= 15 is 0 Å². The molecule has 2 unspecified atom stereocenters. The molecule has 1 spiro atoms. The fourth-order valence-electron chi connectivity index (χ4n) is 3.24. The molecular weight excluding hydrogens is 190 g/mol. The molecule has 0 radical (unpaired) electrons. The van der Waals surface area contributed by atoms with Crippen LogP contribution < -0.4 is 5.73 Å². The normalized spacial score (nSPS) is 32.8. The van der Waals surface area contributed by atoms with E-state index in [0.717, 1.165) is 51.7 Å². The topological polar surface area (TPSA) is 44.5 Å². The Morgan fingerprint density at radius 1 is 1.27 bits per heavy atom. The highest BCUT2D eigenvalue weighted by atomic mass is 16.5. The molecule has 0 bridgehead atoms. The zero-order valence-corrected chi connectivity index (χ0v) is 9.71. The Morgan fingerprint density at radius 3 is 2.67 bits per heavy atom. The molecule has 0 aliphatic carbocycles. The third-order valence-electron chi connectivity index (χ3n) is 4.30. The van der Waals surface area contributed by atoms with Crippen molar-refractivity contribution in [3.8, 4) is 0 Å². The highest BCUT2D eigenvalue weighted by Gasteiger charge is 2.44. The van der Waals surface area contributed by atoms with Gasteiger partial charge in [0.15, 0.2) is 0 Å². The second-order valence-electron chi connectivity index (χ2n) is 5.14. The zero-order chi connectivity index (χ0) is 10.7. The highest BCUT2D eigenvalue weighted by molar-refractivity contribution is 4.93. The number of nitrogens with two attached hydrogens (primary N) is 1. The van der Waals surface area contributed by atoms with E-state index in [9.17, 15) is 0 Å². The number of hydrogen-bond donors (Lipinski definition) is 1. The minimum atomic E-state index is 0.370. The first-order valence-electron chi connectivity index (χ1n) is 6.14. The Kier molecular flexibility index (Phi) is 3.65. The van der Waals surface area contributed by atoms with Gasteiger partial charge in [0.25, 0.3) is 0 Å². The lowest BCUT2D eigenvalue weighted by Gasteiger charge is -2.48. The van der Waals surface area contributed by atoms with Crippen LogP contribution >= 0.6 is 0 Å². The van der Waals surface area contributed by atoms with Crippen molar-refractivity contribution in [1.29, 1.82) is 0 Å². The van der Waals surface area contributed by atoms with Crippen molar-refractivity contribution in [3.05, 3.63) is 0 Å². The summed E-state index contributed by atoms with van der Waals surface area (Å²) in [6.07, 6.45) is 3.49. The summed E-state index contributed by atoms with van der Waals surface area (Å²) in [5, 5.41) is 0. The third-order valence-corrected chi connectivity index (χ3v) is 4.30. The van der Waals surface area contributed by atoms with E-state index < -0.39 is 0 Å². The lowest BCUT2D eigenvalue weighted by atomic mass is 9.63. The van der Waals surface area contributed by atoms with E-state index in [1.807, 2.05) is 0 Å². The lowest BCUT2D eigenvalue weighted by molar-refractivity contribution is -0.120. The molecule has 0 aromatic heterocycles. The van der Waals surface area contributed by atoms with E-state index in [1.54, 1.807) is 0 Å². The van der Waals surface area contributed by atoms with Crippen LogP contribution in [0.25, 0.3) is 0 Å². The van der Waals surface area contributed by atoms with Crippen LogP contribution in [0.4, 0.5) is 0 Å². The van der Waals surface area contributed by atoms with E-state index in [-0.39, 0.29) is 0 Å². The molecule has 3 heteroatoms. The van der Waals surface area contributed by atoms with Crippen molar-refractivity contribution in [2.45, 2.75) is 26.2 Å². The minimum absolute atomic E-state index is 0.370. The summed E-state index contributed by atoms with van der Waals surface area (Å²) in [5.41, 5.74) is 6.19. The molecule has 0 saturated carbocycles. The largest absolute Gasteiger partial charge is 0.381 e. The van der Waals surface area contributed by atoms with Crippen molar-refractivity contribution in [1.82, 2.24) is 0 Å².